The number of aryl methyl sites for hydroxylation is 2. The first-order valence-electron chi connectivity index (χ1n) is 8.18. The summed E-state index contributed by atoms with van der Waals surface area (Å²) in [6.45, 7) is 3.53. The van der Waals surface area contributed by atoms with Gasteiger partial charge in [-0.15, -0.1) is 0 Å². The Labute approximate surface area is 117 Å². The van der Waals surface area contributed by atoms with Gasteiger partial charge in [0.15, 0.2) is 0 Å². The minimum absolute atomic E-state index is 0.507. The minimum Gasteiger partial charge on any atom is -0.310 e. The van der Waals surface area contributed by atoms with Crippen molar-refractivity contribution < 1.29 is 0 Å². The molecule has 2 aliphatic rings. The SMILES string of the molecule is CC(NCC1CCCCC1)c1ccc2c(c1)CCC2. The van der Waals surface area contributed by atoms with E-state index in [1.165, 1.54) is 63.5 Å². The van der Waals surface area contributed by atoms with Crippen LogP contribution in [0.1, 0.15) is 68.2 Å². The van der Waals surface area contributed by atoms with Crippen LogP contribution in [-0.2, 0) is 12.8 Å². The number of hydrogen-bond acceptors (Lipinski definition) is 1. The molecule has 0 aromatic heterocycles. The van der Waals surface area contributed by atoms with E-state index in [-0.39, 0.29) is 0 Å². The summed E-state index contributed by atoms with van der Waals surface area (Å²) in [5, 5.41) is 3.76. The van der Waals surface area contributed by atoms with E-state index in [4.69, 9.17) is 0 Å². The van der Waals surface area contributed by atoms with Crippen molar-refractivity contribution >= 4 is 0 Å². The third-order valence-corrected chi connectivity index (χ3v) is 5.06. The van der Waals surface area contributed by atoms with Gasteiger partial charge in [-0.25, -0.2) is 0 Å². The van der Waals surface area contributed by atoms with Gasteiger partial charge in [-0.05, 0) is 68.2 Å². The molecule has 0 heterocycles. The Morgan fingerprint density at radius 2 is 1.84 bits per heavy atom. The third-order valence-electron chi connectivity index (χ3n) is 5.06. The molecule has 0 amide bonds. The van der Waals surface area contributed by atoms with Crippen molar-refractivity contribution in [3.63, 3.8) is 0 Å². The van der Waals surface area contributed by atoms with Gasteiger partial charge < -0.3 is 5.32 Å². The van der Waals surface area contributed by atoms with Crippen LogP contribution >= 0.6 is 0 Å². The molecule has 19 heavy (non-hydrogen) atoms. The van der Waals surface area contributed by atoms with E-state index in [0.717, 1.165) is 5.92 Å². The lowest BCUT2D eigenvalue weighted by Crippen LogP contribution is -2.27. The van der Waals surface area contributed by atoms with Crippen LogP contribution < -0.4 is 5.32 Å². The van der Waals surface area contributed by atoms with Gasteiger partial charge in [-0.1, -0.05) is 37.5 Å². The molecule has 3 rings (SSSR count). The van der Waals surface area contributed by atoms with Crippen molar-refractivity contribution in [1.29, 1.82) is 0 Å². The molecule has 2 aliphatic carbocycles. The van der Waals surface area contributed by atoms with E-state index in [9.17, 15) is 0 Å². The minimum atomic E-state index is 0.507. The molecule has 1 atom stereocenters. The van der Waals surface area contributed by atoms with Gasteiger partial charge in [0.25, 0.3) is 0 Å². The summed E-state index contributed by atoms with van der Waals surface area (Å²) in [7, 11) is 0. The Bertz CT molecular complexity index is 418. The molecule has 0 spiro atoms. The maximum absolute atomic E-state index is 3.76. The van der Waals surface area contributed by atoms with Crippen LogP contribution in [0.15, 0.2) is 18.2 Å². The van der Waals surface area contributed by atoms with Gasteiger partial charge in [0, 0.05) is 6.04 Å². The lowest BCUT2D eigenvalue weighted by molar-refractivity contribution is 0.331. The number of fused-ring (bicyclic) bond motifs is 1. The average Bonchev–Trinajstić information content (AvgIpc) is 2.93. The fraction of sp³-hybridized carbons (Fsp3) is 0.667. The number of nitrogens with one attached hydrogen (secondary N) is 1. The van der Waals surface area contributed by atoms with Gasteiger partial charge >= 0.3 is 0 Å². The molecule has 1 unspecified atom stereocenters. The van der Waals surface area contributed by atoms with Crippen LogP contribution in [0.4, 0.5) is 0 Å². The summed E-state index contributed by atoms with van der Waals surface area (Å²) in [6, 6.07) is 7.65. The molecule has 0 bridgehead atoms. The summed E-state index contributed by atoms with van der Waals surface area (Å²) in [6.07, 6.45) is 11.1. The topological polar surface area (TPSA) is 12.0 Å². The standard InChI is InChI=1S/C18H27N/c1-14(19-13-15-6-3-2-4-7-15)17-11-10-16-8-5-9-18(16)12-17/h10-12,14-15,19H,2-9,13H2,1H3. The van der Waals surface area contributed by atoms with E-state index >= 15 is 0 Å². The maximum Gasteiger partial charge on any atom is 0.0292 e. The van der Waals surface area contributed by atoms with E-state index in [2.05, 4.69) is 30.4 Å². The predicted octanol–water partition coefficient (Wildman–Crippen LogP) is 4.41. The number of rotatable bonds is 4. The first kappa shape index (κ1) is 13.2. The monoisotopic (exact) mass is 257 g/mol. The number of hydrogen-bond donors (Lipinski definition) is 1. The van der Waals surface area contributed by atoms with Crippen molar-refractivity contribution in [2.24, 2.45) is 5.92 Å². The molecule has 1 N–H and O–H groups in total. The van der Waals surface area contributed by atoms with E-state index in [1.807, 2.05) is 0 Å². The first-order chi connectivity index (χ1) is 9.33. The molecule has 1 saturated carbocycles. The Morgan fingerprint density at radius 3 is 2.68 bits per heavy atom. The maximum atomic E-state index is 3.76. The van der Waals surface area contributed by atoms with Crippen LogP contribution in [0.3, 0.4) is 0 Å². The number of benzene rings is 1. The fourth-order valence-corrected chi connectivity index (χ4v) is 3.71. The highest BCUT2D eigenvalue weighted by atomic mass is 14.9. The van der Waals surface area contributed by atoms with Crippen LogP contribution in [0.5, 0.6) is 0 Å². The second kappa shape index (κ2) is 6.09. The molecule has 1 heteroatoms. The van der Waals surface area contributed by atoms with Gasteiger partial charge in [-0.2, -0.15) is 0 Å². The Morgan fingerprint density at radius 1 is 1.05 bits per heavy atom. The summed E-state index contributed by atoms with van der Waals surface area (Å²) in [4.78, 5) is 0. The van der Waals surface area contributed by atoms with Crippen LogP contribution in [0, 0.1) is 5.92 Å². The smallest absolute Gasteiger partial charge is 0.0292 e. The zero-order valence-corrected chi connectivity index (χ0v) is 12.3. The highest BCUT2D eigenvalue weighted by molar-refractivity contribution is 5.36. The van der Waals surface area contributed by atoms with E-state index in [1.54, 1.807) is 11.1 Å². The quantitative estimate of drug-likeness (QED) is 0.842. The lowest BCUT2D eigenvalue weighted by Gasteiger charge is -2.24. The van der Waals surface area contributed by atoms with Crippen molar-refractivity contribution in [1.82, 2.24) is 5.32 Å². The highest BCUT2D eigenvalue weighted by Crippen LogP contribution is 2.26. The van der Waals surface area contributed by atoms with Crippen molar-refractivity contribution in [3.05, 3.63) is 34.9 Å². The lowest BCUT2D eigenvalue weighted by atomic mass is 9.89. The van der Waals surface area contributed by atoms with Gasteiger partial charge in [0.2, 0.25) is 0 Å². The highest BCUT2D eigenvalue weighted by Gasteiger charge is 2.16. The average molecular weight is 257 g/mol. The molecule has 1 aromatic rings. The molecule has 1 nitrogen and oxygen atoms in total. The van der Waals surface area contributed by atoms with Crippen LogP contribution in [-0.4, -0.2) is 6.54 Å². The van der Waals surface area contributed by atoms with Gasteiger partial charge in [-0.3, -0.25) is 0 Å². The predicted molar refractivity (Wildman–Crippen MR) is 81.5 cm³/mol. The molecule has 104 valence electrons. The third kappa shape index (κ3) is 3.20. The Kier molecular flexibility index (Phi) is 4.22. The first-order valence-corrected chi connectivity index (χ1v) is 8.18. The van der Waals surface area contributed by atoms with E-state index in [0.29, 0.717) is 6.04 Å². The largest absolute Gasteiger partial charge is 0.310 e. The summed E-state index contributed by atoms with van der Waals surface area (Å²) >= 11 is 0. The second-order valence-electron chi connectivity index (χ2n) is 6.52. The molecule has 1 aromatic carbocycles. The molecule has 0 aliphatic heterocycles. The molecular weight excluding hydrogens is 230 g/mol. The van der Waals surface area contributed by atoms with Crippen LogP contribution in [0.25, 0.3) is 0 Å². The molecule has 1 fully saturated rings. The Balaban J connectivity index is 1.56. The summed E-state index contributed by atoms with van der Waals surface area (Å²) in [5.41, 5.74) is 4.67. The van der Waals surface area contributed by atoms with Crippen molar-refractivity contribution in [2.75, 3.05) is 6.54 Å². The van der Waals surface area contributed by atoms with Crippen LogP contribution in [0.2, 0.25) is 0 Å². The fourth-order valence-electron chi connectivity index (χ4n) is 3.71. The zero-order valence-electron chi connectivity index (χ0n) is 12.3. The summed E-state index contributed by atoms with van der Waals surface area (Å²) < 4.78 is 0. The van der Waals surface area contributed by atoms with Gasteiger partial charge in [0.1, 0.15) is 0 Å². The second-order valence-corrected chi connectivity index (χ2v) is 6.52. The molecular formula is C18H27N. The van der Waals surface area contributed by atoms with E-state index < -0.39 is 0 Å². The zero-order chi connectivity index (χ0) is 13.1. The molecule has 0 saturated heterocycles. The normalized spacial score (nSPS) is 21.3. The van der Waals surface area contributed by atoms with Crippen molar-refractivity contribution in [2.45, 2.75) is 64.3 Å². The Hall–Kier alpha value is -0.820. The van der Waals surface area contributed by atoms with Gasteiger partial charge in [0.05, 0.1) is 0 Å². The van der Waals surface area contributed by atoms with Crippen molar-refractivity contribution in [3.8, 4) is 0 Å². The molecule has 0 radical (unpaired) electrons. The summed E-state index contributed by atoms with van der Waals surface area (Å²) in [5.74, 6) is 0.922.